The second-order valence-electron chi connectivity index (χ2n) is 5.18. The van der Waals surface area contributed by atoms with Gasteiger partial charge in [0.15, 0.2) is 0 Å². The Balaban J connectivity index is 1.98. The molecule has 1 aliphatic heterocycles. The van der Waals surface area contributed by atoms with Crippen molar-refractivity contribution in [2.24, 2.45) is 0 Å². The van der Waals surface area contributed by atoms with Crippen LogP contribution in [0, 0.1) is 0 Å². The maximum absolute atomic E-state index is 12.0. The van der Waals surface area contributed by atoms with Crippen LogP contribution < -0.4 is 5.32 Å². The van der Waals surface area contributed by atoms with Gasteiger partial charge in [0.1, 0.15) is 5.69 Å². The van der Waals surface area contributed by atoms with E-state index < -0.39 is 0 Å². The van der Waals surface area contributed by atoms with E-state index in [0.29, 0.717) is 5.69 Å². The predicted molar refractivity (Wildman–Crippen MR) is 79.9 cm³/mol. The van der Waals surface area contributed by atoms with Crippen molar-refractivity contribution in [1.82, 2.24) is 9.88 Å². The Kier molecular flexibility index (Phi) is 3.14. The zero-order valence-corrected chi connectivity index (χ0v) is 11.7. The summed E-state index contributed by atoms with van der Waals surface area (Å²) in [5.74, 6) is -0.0744. The molecule has 20 heavy (non-hydrogen) atoms. The lowest BCUT2D eigenvalue weighted by atomic mass is 10.0. The highest BCUT2D eigenvalue weighted by molar-refractivity contribution is 5.93. The van der Waals surface area contributed by atoms with Crippen LogP contribution in [0.3, 0.4) is 0 Å². The molecule has 0 fully saturated rings. The van der Waals surface area contributed by atoms with Gasteiger partial charge < -0.3 is 10.2 Å². The molecule has 102 valence electrons. The molecule has 0 aliphatic carbocycles. The van der Waals surface area contributed by atoms with Gasteiger partial charge in [0.05, 0.1) is 0 Å². The summed E-state index contributed by atoms with van der Waals surface area (Å²) in [6, 6.07) is 10.2. The third-order valence-corrected chi connectivity index (χ3v) is 3.53. The molecular formula is C16H17N3O. The van der Waals surface area contributed by atoms with Crippen LogP contribution >= 0.6 is 0 Å². The molecule has 1 aromatic carbocycles. The van der Waals surface area contributed by atoms with E-state index in [2.05, 4.69) is 28.5 Å². The van der Waals surface area contributed by atoms with Crippen LogP contribution in [0.4, 0.5) is 5.69 Å². The van der Waals surface area contributed by atoms with E-state index in [1.54, 1.807) is 25.2 Å². The van der Waals surface area contributed by atoms with Gasteiger partial charge in [0.2, 0.25) is 0 Å². The number of aromatic nitrogens is 1. The predicted octanol–water partition coefficient (Wildman–Crippen LogP) is 2.42. The summed E-state index contributed by atoms with van der Waals surface area (Å²) >= 11 is 0. The van der Waals surface area contributed by atoms with Crippen molar-refractivity contribution in [2.45, 2.75) is 6.42 Å². The average Bonchev–Trinajstić information content (AvgIpc) is 2.93. The molecule has 1 aliphatic rings. The van der Waals surface area contributed by atoms with Gasteiger partial charge in [-0.1, -0.05) is 6.07 Å². The van der Waals surface area contributed by atoms with Crippen molar-refractivity contribution in [3.05, 3.63) is 47.8 Å². The number of anilines is 1. The van der Waals surface area contributed by atoms with Gasteiger partial charge in [-0.25, -0.2) is 0 Å². The fourth-order valence-corrected chi connectivity index (χ4v) is 2.44. The van der Waals surface area contributed by atoms with Crippen molar-refractivity contribution in [3.8, 4) is 11.1 Å². The van der Waals surface area contributed by atoms with E-state index in [9.17, 15) is 4.79 Å². The van der Waals surface area contributed by atoms with Gasteiger partial charge in [-0.15, -0.1) is 0 Å². The number of carbonyl (C=O) groups excluding carboxylic acids is 1. The van der Waals surface area contributed by atoms with E-state index in [4.69, 9.17) is 0 Å². The number of nitrogens with zero attached hydrogens (tertiary/aromatic N) is 2. The highest BCUT2D eigenvalue weighted by Gasteiger charge is 2.13. The molecule has 0 atom stereocenters. The SMILES string of the molecule is CN(C)C(=O)c1cc(-c2ccc3c(c2)CCN3)ccn1. The Morgan fingerprint density at radius 1 is 1.20 bits per heavy atom. The molecule has 2 aromatic rings. The van der Waals surface area contributed by atoms with Crippen LogP contribution in [-0.4, -0.2) is 36.4 Å². The molecule has 4 heteroatoms. The second-order valence-corrected chi connectivity index (χ2v) is 5.18. The summed E-state index contributed by atoms with van der Waals surface area (Å²) in [4.78, 5) is 17.7. The molecule has 1 amide bonds. The van der Waals surface area contributed by atoms with Crippen molar-refractivity contribution in [2.75, 3.05) is 26.0 Å². The van der Waals surface area contributed by atoms with Crippen molar-refractivity contribution in [1.29, 1.82) is 0 Å². The molecular weight excluding hydrogens is 250 g/mol. The number of hydrogen-bond acceptors (Lipinski definition) is 3. The summed E-state index contributed by atoms with van der Waals surface area (Å²) < 4.78 is 0. The Labute approximate surface area is 118 Å². The van der Waals surface area contributed by atoms with Crippen molar-refractivity contribution < 1.29 is 4.79 Å². The van der Waals surface area contributed by atoms with Gasteiger partial charge in [0.25, 0.3) is 5.91 Å². The fraction of sp³-hybridized carbons (Fsp3) is 0.250. The molecule has 3 rings (SSSR count). The smallest absolute Gasteiger partial charge is 0.271 e. The number of fused-ring (bicyclic) bond motifs is 1. The summed E-state index contributed by atoms with van der Waals surface area (Å²) in [5, 5.41) is 3.35. The van der Waals surface area contributed by atoms with E-state index >= 15 is 0 Å². The first-order chi connectivity index (χ1) is 9.65. The van der Waals surface area contributed by atoms with Gasteiger partial charge in [-0.05, 0) is 47.4 Å². The Hall–Kier alpha value is -2.36. The van der Waals surface area contributed by atoms with Crippen LogP contribution in [0.25, 0.3) is 11.1 Å². The monoisotopic (exact) mass is 267 g/mol. The number of nitrogens with one attached hydrogen (secondary N) is 1. The minimum absolute atomic E-state index is 0.0744. The van der Waals surface area contributed by atoms with E-state index in [1.165, 1.54) is 11.3 Å². The summed E-state index contributed by atoms with van der Waals surface area (Å²) in [6.07, 6.45) is 2.75. The first kappa shape index (κ1) is 12.7. The lowest BCUT2D eigenvalue weighted by molar-refractivity contribution is 0.0822. The number of pyridine rings is 1. The number of hydrogen-bond donors (Lipinski definition) is 1. The summed E-state index contributed by atoms with van der Waals surface area (Å²) in [7, 11) is 3.47. The normalized spacial score (nSPS) is 12.7. The lowest BCUT2D eigenvalue weighted by Gasteiger charge is -2.11. The summed E-state index contributed by atoms with van der Waals surface area (Å²) in [6.45, 7) is 1.000. The second kappa shape index (κ2) is 4.96. The quantitative estimate of drug-likeness (QED) is 0.909. The highest BCUT2D eigenvalue weighted by Crippen LogP contribution is 2.28. The molecule has 0 saturated heterocycles. The van der Waals surface area contributed by atoms with E-state index in [0.717, 1.165) is 24.1 Å². The van der Waals surface area contributed by atoms with E-state index in [1.807, 2.05) is 12.1 Å². The van der Waals surface area contributed by atoms with Crippen molar-refractivity contribution >= 4 is 11.6 Å². The largest absolute Gasteiger partial charge is 0.384 e. The Morgan fingerprint density at radius 3 is 2.80 bits per heavy atom. The van der Waals surface area contributed by atoms with Gasteiger partial charge in [-0.3, -0.25) is 9.78 Å². The first-order valence-corrected chi connectivity index (χ1v) is 6.70. The maximum atomic E-state index is 12.0. The molecule has 0 saturated carbocycles. The van der Waals surface area contributed by atoms with Crippen LogP contribution in [0.2, 0.25) is 0 Å². The van der Waals surface area contributed by atoms with E-state index in [-0.39, 0.29) is 5.91 Å². The third-order valence-electron chi connectivity index (χ3n) is 3.53. The van der Waals surface area contributed by atoms with Crippen LogP contribution in [0.1, 0.15) is 16.1 Å². The molecule has 0 spiro atoms. The van der Waals surface area contributed by atoms with Crippen LogP contribution in [-0.2, 0) is 6.42 Å². The van der Waals surface area contributed by atoms with Gasteiger partial charge in [-0.2, -0.15) is 0 Å². The number of carbonyl (C=O) groups is 1. The third kappa shape index (κ3) is 2.25. The molecule has 4 nitrogen and oxygen atoms in total. The van der Waals surface area contributed by atoms with Crippen LogP contribution in [0.15, 0.2) is 36.5 Å². The lowest BCUT2D eigenvalue weighted by Crippen LogP contribution is -2.22. The molecule has 0 bridgehead atoms. The van der Waals surface area contributed by atoms with Crippen molar-refractivity contribution in [3.63, 3.8) is 0 Å². The summed E-state index contributed by atoms with van der Waals surface area (Å²) in [5.41, 5.74) is 5.18. The standard InChI is InChI=1S/C16H17N3O/c1-19(2)16(20)15-10-12(5-7-18-15)11-3-4-14-13(9-11)6-8-17-14/h3-5,7,9-10,17H,6,8H2,1-2H3. The van der Waals surface area contributed by atoms with Crippen LogP contribution in [0.5, 0.6) is 0 Å². The minimum Gasteiger partial charge on any atom is -0.384 e. The zero-order valence-electron chi connectivity index (χ0n) is 11.7. The zero-order chi connectivity index (χ0) is 14.1. The fourth-order valence-electron chi connectivity index (χ4n) is 2.44. The molecule has 0 unspecified atom stereocenters. The average molecular weight is 267 g/mol. The number of rotatable bonds is 2. The Morgan fingerprint density at radius 2 is 2.00 bits per heavy atom. The highest BCUT2D eigenvalue weighted by atomic mass is 16.2. The first-order valence-electron chi connectivity index (χ1n) is 6.70. The number of benzene rings is 1. The molecule has 2 heterocycles. The molecule has 1 N–H and O–H groups in total. The number of amides is 1. The minimum atomic E-state index is -0.0744. The maximum Gasteiger partial charge on any atom is 0.271 e. The topological polar surface area (TPSA) is 45.2 Å². The van der Waals surface area contributed by atoms with Gasteiger partial charge in [0, 0.05) is 32.5 Å². The van der Waals surface area contributed by atoms with Gasteiger partial charge >= 0.3 is 0 Å². The Bertz CT molecular complexity index is 665. The molecule has 0 radical (unpaired) electrons. The molecule has 1 aromatic heterocycles.